The molecular weight excluding hydrogens is 420 g/mol. The fourth-order valence-corrected chi connectivity index (χ4v) is 3.01. The second kappa shape index (κ2) is 14.7. The Labute approximate surface area is 198 Å². The second-order valence-electron chi connectivity index (χ2n) is 7.42. The summed E-state index contributed by atoms with van der Waals surface area (Å²) in [5, 5.41) is 3.18. The van der Waals surface area contributed by atoms with E-state index in [1.807, 2.05) is 25.2 Å². The van der Waals surface area contributed by atoms with Gasteiger partial charge in [-0.2, -0.15) is 8.78 Å². The lowest BCUT2D eigenvalue weighted by Gasteiger charge is -2.27. The van der Waals surface area contributed by atoms with Gasteiger partial charge in [-0.05, 0) is 50.5 Å². The zero-order chi connectivity index (χ0) is 24.7. The van der Waals surface area contributed by atoms with Gasteiger partial charge in [0.2, 0.25) is 0 Å². The summed E-state index contributed by atoms with van der Waals surface area (Å²) in [6, 6.07) is 5.91. The number of anilines is 1. The van der Waals surface area contributed by atoms with Gasteiger partial charge in [-0.15, -0.1) is 0 Å². The molecule has 0 aliphatic heterocycles. The first-order valence-corrected chi connectivity index (χ1v) is 11.1. The molecule has 0 fully saturated rings. The molecule has 0 saturated carbocycles. The first-order chi connectivity index (χ1) is 15.8. The van der Waals surface area contributed by atoms with Gasteiger partial charge in [0.1, 0.15) is 0 Å². The Kier molecular flexibility index (Phi) is 12.4. The van der Waals surface area contributed by atoms with E-state index in [1.165, 1.54) is 18.2 Å². The predicted octanol–water partition coefficient (Wildman–Crippen LogP) is 7.26. The van der Waals surface area contributed by atoms with Crippen molar-refractivity contribution in [2.45, 2.75) is 45.5 Å². The number of benzene rings is 1. The number of alkyl halides is 2. The molecule has 0 aliphatic carbocycles. The van der Waals surface area contributed by atoms with E-state index in [4.69, 9.17) is 0 Å². The highest BCUT2D eigenvalue weighted by Crippen LogP contribution is 2.29. The number of ketones is 1. The standard InChI is InChI=1S/C27H35F2N3O.H2/c1-6-19-30-26(32(20-7-2)21-13-11-10-12-14-25(33)8-3)22(5)31-24-17-15-23(16-18-24)27(28,29)9-4;/h6,8-10,12,15-19,31H,3-5,7,11,13-14,20-21H2,1-2H3;1H/b12-10+,19-6-,30-26?;. The highest BCUT2D eigenvalue weighted by molar-refractivity contribution is 6.00. The van der Waals surface area contributed by atoms with E-state index in [0.29, 0.717) is 29.7 Å². The molecule has 0 saturated heterocycles. The molecule has 1 aromatic rings. The van der Waals surface area contributed by atoms with E-state index in [9.17, 15) is 13.6 Å². The summed E-state index contributed by atoms with van der Waals surface area (Å²) in [5.41, 5.74) is 1.10. The Morgan fingerprint density at radius 2 is 1.91 bits per heavy atom. The molecule has 1 rings (SSSR count). The minimum absolute atomic E-state index is 0. The summed E-state index contributed by atoms with van der Waals surface area (Å²) in [6.07, 6.45) is 12.4. The predicted molar refractivity (Wildman–Crippen MR) is 138 cm³/mol. The summed E-state index contributed by atoms with van der Waals surface area (Å²) in [5.74, 6) is -2.37. The molecule has 0 amide bonds. The molecule has 6 heteroatoms. The maximum atomic E-state index is 13.8. The Bertz CT molecular complexity index is 890. The summed E-state index contributed by atoms with van der Waals surface area (Å²) in [6.45, 7) is 16.3. The lowest BCUT2D eigenvalue weighted by Crippen LogP contribution is -2.35. The molecule has 0 unspecified atom stereocenters. The van der Waals surface area contributed by atoms with Crippen LogP contribution in [-0.4, -0.2) is 29.6 Å². The lowest BCUT2D eigenvalue weighted by molar-refractivity contribution is -0.113. The molecule has 0 bridgehead atoms. The van der Waals surface area contributed by atoms with Crippen LogP contribution in [0.5, 0.6) is 0 Å². The maximum Gasteiger partial charge on any atom is 0.291 e. The molecule has 1 N–H and O–H groups in total. The summed E-state index contributed by atoms with van der Waals surface area (Å²) < 4.78 is 27.6. The number of amidine groups is 1. The number of nitrogens with zero attached hydrogens (tertiary/aromatic N) is 2. The van der Waals surface area contributed by atoms with Crippen molar-refractivity contribution in [3.8, 4) is 0 Å². The molecule has 0 heterocycles. The van der Waals surface area contributed by atoms with Crippen molar-refractivity contribution in [1.82, 2.24) is 4.90 Å². The zero-order valence-electron chi connectivity index (χ0n) is 19.7. The Balaban J connectivity index is 0.0000109. The van der Waals surface area contributed by atoms with Crippen LogP contribution in [0.25, 0.3) is 0 Å². The highest BCUT2D eigenvalue weighted by atomic mass is 19.3. The third-order valence-electron chi connectivity index (χ3n) is 4.74. The van der Waals surface area contributed by atoms with E-state index >= 15 is 0 Å². The van der Waals surface area contributed by atoms with Crippen LogP contribution >= 0.6 is 0 Å². The van der Waals surface area contributed by atoms with Gasteiger partial charge < -0.3 is 10.2 Å². The number of allylic oxidation sites excluding steroid dienone is 5. The number of hydrogen-bond donors (Lipinski definition) is 1. The average Bonchev–Trinajstić information content (AvgIpc) is 2.81. The third kappa shape index (κ3) is 9.81. The molecule has 0 radical (unpaired) electrons. The van der Waals surface area contributed by atoms with Crippen LogP contribution < -0.4 is 5.32 Å². The number of aliphatic imine (C=N–C) groups is 1. The maximum absolute atomic E-state index is 13.8. The number of carbonyl (C=O) groups is 1. The number of unbranched alkanes of at least 4 members (excludes halogenated alkanes) is 1. The van der Waals surface area contributed by atoms with Gasteiger partial charge in [0.15, 0.2) is 11.6 Å². The van der Waals surface area contributed by atoms with Crippen molar-refractivity contribution in [2.24, 2.45) is 4.99 Å². The van der Waals surface area contributed by atoms with Gasteiger partial charge in [-0.25, -0.2) is 4.99 Å². The lowest BCUT2D eigenvalue weighted by atomic mass is 10.1. The van der Waals surface area contributed by atoms with Crippen LogP contribution in [0, 0.1) is 0 Å². The molecule has 33 heavy (non-hydrogen) atoms. The third-order valence-corrected chi connectivity index (χ3v) is 4.74. The zero-order valence-corrected chi connectivity index (χ0v) is 19.7. The largest absolute Gasteiger partial charge is 0.355 e. The van der Waals surface area contributed by atoms with Crippen molar-refractivity contribution in [3.05, 3.63) is 91.8 Å². The van der Waals surface area contributed by atoms with Crippen LogP contribution in [0.15, 0.2) is 91.3 Å². The van der Waals surface area contributed by atoms with Gasteiger partial charge in [0.05, 0.1) is 5.70 Å². The van der Waals surface area contributed by atoms with Crippen LogP contribution in [0.1, 0.15) is 46.5 Å². The molecule has 0 spiro atoms. The van der Waals surface area contributed by atoms with E-state index in [-0.39, 0.29) is 12.8 Å². The SMILES string of the molecule is C=CC(=O)C/C=C/CCCN(CCC)C(=N/C=C\C)C(=C)Nc1ccc(C(F)(F)C=C)cc1.[HH]. The second-order valence-corrected chi connectivity index (χ2v) is 7.42. The quantitative estimate of drug-likeness (QED) is 0.0991. The molecule has 1 aromatic carbocycles. The molecular formula is C27H37F2N3O. The minimum atomic E-state index is -3.07. The fourth-order valence-electron chi connectivity index (χ4n) is 3.01. The molecule has 0 atom stereocenters. The summed E-state index contributed by atoms with van der Waals surface area (Å²) >= 11 is 0. The van der Waals surface area contributed by atoms with Crippen LogP contribution in [0.4, 0.5) is 14.5 Å². The van der Waals surface area contributed by atoms with E-state index in [1.54, 1.807) is 18.3 Å². The van der Waals surface area contributed by atoms with E-state index < -0.39 is 5.92 Å². The molecule has 0 aromatic heterocycles. The van der Waals surface area contributed by atoms with Crippen molar-refractivity contribution in [2.75, 3.05) is 18.4 Å². The number of halogens is 2. The Hall–Kier alpha value is -3.28. The molecule has 4 nitrogen and oxygen atoms in total. The first-order valence-electron chi connectivity index (χ1n) is 11.1. The number of carbonyl (C=O) groups excluding carboxylic acids is 1. The topological polar surface area (TPSA) is 44.7 Å². The van der Waals surface area contributed by atoms with Gasteiger partial charge >= 0.3 is 0 Å². The Morgan fingerprint density at radius 1 is 1.21 bits per heavy atom. The first kappa shape index (κ1) is 27.8. The van der Waals surface area contributed by atoms with Gasteiger partial charge in [-0.1, -0.05) is 57.0 Å². The van der Waals surface area contributed by atoms with Crippen molar-refractivity contribution in [3.63, 3.8) is 0 Å². The number of hydrogen-bond acceptors (Lipinski definition) is 3. The van der Waals surface area contributed by atoms with Gasteiger partial charge in [0, 0.05) is 38.4 Å². The van der Waals surface area contributed by atoms with Crippen LogP contribution in [-0.2, 0) is 10.7 Å². The van der Waals surface area contributed by atoms with Crippen LogP contribution in [0.2, 0.25) is 0 Å². The smallest absolute Gasteiger partial charge is 0.291 e. The average molecular weight is 458 g/mol. The summed E-state index contributed by atoms with van der Waals surface area (Å²) in [7, 11) is 0. The minimum Gasteiger partial charge on any atom is -0.355 e. The number of rotatable bonds is 15. The van der Waals surface area contributed by atoms with Gasteiger partial charge in [0.25, 0.3) is 5.92 Å². The van der Waals surface area contributed by atoms with Crippen molar-refractivity contribution < 1.29 is 15.0 Å². The van der Waals surface area contributed by atoms with E-state index in [2.05, 4.69) is 41.9 Å². The highest BCUT2D eigenvalue weighted by Gasteiger charge is 2.26. The fraction of sp³-hybridized carbons (Fsp3) is 0.333. The van der Waals surface area contributed by atoms with E-state index in [0.717, 1.165) is 32.4 Å². The van der Waals surface area contributed by atoms with Gasteiger partial charge in [-0.3, -0.25) is 4.79 Å². The summed E-state index contributed by atoms with van der Waals surface area (Å²) in [4.78, 5) is 18.0. The molecule has 180 valence electrons. The van der Waals surface area contributed by atoms with Crippen molar-refractivity contribution >= 4 is 17.3 Å². The molecule has 0 aliphatic rings. The van der Waals surface area contributed by atoms with Crippen molar-refractivity contribution in [1.29, 1.82) is 0 Å². The number of nitrogens with one attached hydrogen (secondary N) is 1. The normalized spacial score (nSPS) is 12.2. The van der Waals surface area contributed by atoms with Crippen LogP contribution in [0.3, 0.4) is 0 Å². The monoisotopic (exact) mass is 457 g/mol. The Morgan fingerprint density at radius 3 is 2.48 bits per heavy atom.